The highest BCUT2D eigenvalue weighted by atomic mass is 19.1. The summed E-state index contributed by atoms with van der Waals surface area (Å²) >= 11 is 0. The molecule has 1 aliphatic heterocycles. The van der Waals surface area contributed by atoms with Crippen LogP contribution in [-0.4, -0.2) is 51.5 Å². The summed E-state index contributed by atoms with van der Waals surface area (Å²) in [6.07, 6.45) is 2.93. The summed E-state index contributed by atoms with van der Waals surface area (Å²) in [7, 11) is 0. The highest BCUT2D eigenvalue weighted by Gasteiger charge is 2.24. The molecule has 0 amide bonds. The molecular weight excluding hydrogens is 513 g/mol. The van der Waals surface area contributed by atoms with Crippen LogP contribution in [0.25, 0.3) is 16.6 Å². The van der Waals surface area contributed by atoms with Gasteiger partial charge in [0, 0.05) is 30.2 Å². The Morgan fingerprint density at radius 1 is 1.02 bits per heavy atom. The van der Waals surface area contributed by atoms with Gasteiger partial charge in [-0.3, -0.25) is 9.47 Å². The average Bonchev–Trinajstić information content (AvgIpc) is 3.48. The number of ketones is 1. The number of aryl methyl sites for hydroxylation is 2. The van der Waals surface area contributed by atoms with E-state index in [2.05, 4.69) is 15.0 Å². The van der Waals surface area contributed by atoms with E-state index in [0.29, 0.717) is 30.2 Å². The van der Waals surface area contributed by atoms with Crippen LogP contribution in [-0.2, 0) is 4.74 Å². The maximum atomic E-state index is 14.0. The smallest absolute Gasteiger partial charge is 0.219 e. The Kier molecular flexibility index (Phi) is 6.35. The van der Waals surface area contributed by atoms with Crippen molar-refractivity contribution in [3.8, 4) is 17.3 Å². The molecule has 204 valence electrons. The number of fused-ring (bicyclic) bond motifs is 1. The zero-order valence-electron chi connectivity index (χ0n) is 22.1. The van der Waals surface area contributed by atoms with E-state index in [9.17, 15) is 9.18 Å². The molecule has 0 spiro atoms. The first-order chi connectivity index (χ1) is 19.3. The van der Waals surface area contributed by atoms with Crippen molar-refractivity contribution in [3.63, 3.8) is 0 Å². The molecule has 5 aromatic rings. The summed E-state index contributed by atoms with van der Waals surface area (Å²) in [5.41, 5.74) is 11.1. The second-order valence-corrected chi connectivity index (χ2v) is 9.72. The zero-order chi connectivity index (χ0) is 28.0. The van der Waals surface area contributed by atoms with Crippen molar-refractivity contribution in [2.75, 3.05) is 42.8 Å². The van der Waals surface area contributed by atoms with Crippen molar-refractivity contribution < 1.29 is 18.7 Å². The van der Waals surface area contributed by atoms with Gasteiger partial charge in [0.2, 0.25) is 11.7 Å². The van der Waals surface area contributed by atoms with Gasteiger partial charge < -0.3 is 25.9 Å². The van der Waals surface area contributed by atoms with Gasteiger partial charge in [0.1, 0.15) is 11.5 Å². The van der Waals surface area contributed by atoms with Gasteiger partial charge in [-0.1, -0.05) is 12.1 Å². The Balaban J connectivity index is 1.30. The number of nitrogens with zero attached hydrogens (tertiary/aromatic N) is 5. The number of nitrogen functional groups attached to an aromatic ring is 2. The number of rotatable bonds is 6. The Bertz CT molecular complexity index is 1750. The molecule has 4 N–H and O–H groups in total. The van der Waals surface area contributed by atoms with Crippen molar-refractivity contribution in [1.82, 2.24) is 19.4 Å². The number of nitrogens with two attached hydrogens (primary N) is 2. The quantitative estimate of drug-likeness (QED) is 0.243. The second kappa shape index (κ2) is 10.0. The molecule has 1 fully saturated rings. The fraction of sp³-hybridized carbons (Fsp3) is 0.207. The summed E-state index contributed by atoms with van der Waals surface area (Å²) in [6.45, 7) is 6.80. The number of hydrogen-bond acceptors (Lipinski definition) is 8. The number of benzene rings is 2. The normalized spacial score (nSPS) is 13.6. The lowest BCUT2D eigenvalue weighted by molar-refractivity contribution is 0.103. The fourth-order valence-electron chi connectivity index (χ4n) is 5.00. The Morgan fingerprint density at radius 2 is 1.77 bits per heavy atom. The number of carbonyl (C=O) groups is 1. The molecule has 10 nitrogen and oxygen atoms in total. The van der Waals surface area contributed by atoms with Crippen molar-refractivity contribution in [3.05, 3.63) is 89.1 Å². The minimum Gasteiger partial charge on any atom is -0.436 e. The van der Waals surface area contributed by atoms with Gasteiger partial charge >= 0.3 is 0 Å². The minimum absolute atomic E-state index is 0.0677. The first kappa shape index (κ1) is 25.4. The molecule has 6 rings (SSSR count). The molecule has 40 heavy (non-hydrogen) atoms. The third kappa shape index (κ3) is 4.39. The van der Waals surface area contributed by atoms with Crippen LogP contribution in [0.4, 0.5) is 15.9 Å². The van der Waals surface area contributed by atoms with Crippen LogP contribution in [0.2, 0.25) is 0 Å². The molecule has 0 bridgehead atoms. The van der Waals surface area contributed by atoms with E-state index in [1.54, 1.807) is 24.3 Å². The van der Waals surface area contributed by atoms with E-state index < -0.39 is 5.82 Å². The van der Waals surface area contributed by atoms with E-state index in [1.165, 1.54) is 33.9 Å². The SMILES string of the molecule is Cc1cc2cc(C(=O)c3cnn(-c4cnc(Oc5ccccc5F)cc4C)c3N)n(N)c2cc1N1CCOCC1. The topological polar surface area (TPSA) is 126 Å². The van der Waals surface area contributed by atoms with E-state index in [0.717, 1.165) is 35.2 Å². The van der Waals surface area contributed by atoms with Crippen molar-refractivity contribution in [2.45, 2.75) is 13.8 Å². The highest BCUT2D eigenvalue weighted by Crippen LogP contribution is 2.31. The third-order valence-corrected chi connectivity index (χ3v) is 7.13. The maximum Gasteiger partial charge on any atom is 0.219 e. The van der Waals surface area contributed by atoms with E-state index in [4.69, 9.17) is 21.1 Å². The van der Waals surface area contributed by atoms with Crippen LogP contribution in [0.3, 0.4) is 0 Å². The van der Waals surface area contributed by atoms with Crippen molar-refractivity contribution in [2.24, 2.45) is 0 Å². The molecule has 0 atom stereocenters. The molecule has 2 aromatic carbocycles. The molecule has 0 saturated carbocycles. The minimum atomic E-state index is -0.490. The summed E-state index contributed by atoms with van der Waals surface area (Å²) < 4.78 is 27.9. The van der Waals surface area contributed by atoms with E-state index in [-0.39, 0.29) is 28.8 Å². The molecule has 11 heteroatoms. The Morgan fingerprint density at radius 3 is 2.52 bits per heavy atom. The monoisotopic (exact) mass is 541 g/mol. The second-order valence-electron chi connectivity index (χ2n) is 9.72. The lowest BCUT2D eigenvalue weighted by Gasteiger charge is -2.30. The molecule has 1 aliphatic rings. The molecule has 0 radical (unpaired) electrons. The standard InChI is InChI=1S/C29H28FN7O3/c1-17-11-19-13-24(36(32)23(19)14-22(17)35-7-9-39-10-8-35)28(38)20-15-34-37(29(20)31)25-16-33-27(12-18(25)2)40-26-6-4-3-5-21(26)30/h3-6,11-16H,7-10,31-32H2,1-2H3. The lowest BCUT2D eigenvalue weighted by Crippen LogP contribution is -2.36. The van der Waals surface area contributed by atoms with E-state index >= 15 is 0 Å². The average molecular weight is 542 g/mol. The number of halogens is 1. The Hall–Kier alpha value is -4.90. The van der Waals surface area contributed by atoms with Gasteiger partial charge in [-0.25, -0.2) is 14.1 Å². The number of aromatic nitrogens is 4. The predicted octanol–water partition coefficient (Wildman–Crippen LogP) is 4.13. The maximum absolute atomic E-state index is 14.0. The highest BCUT2D eigenvalue weighted by molar-refractivity contribution is 6.13. The van der Waals surface area contributed by atoms with E-state index in [1.807, 2.05) is 26.0 Å². The summed E-state index contributed by atoms with van der Waals surface area (Å²) in [5.74, 6) is 6.03. The first-order valence-corrected chi connectivity index (χ1v) is 12.8. The summed E-state index contributed by atoms with van der Waals surface area (Å²) in [6, 6.07) is 13.6. The van der Waals surface area contributed by atoms with Crippen LogP contribution >= 0.6 is 0 Å². The zero-order valence-corrected chi connectivity index (χ0v) is 22.1. The van der Waals surface area contributed by atoms with Gasteiger partial charge in [0.15, 0.2) is 11.6 Å². The molecular formula is C29H28FN7O3. The van der Waals surface area contributed by atoms with Gasteiger partial charge in [0.25, 0.3) is 0 Å². The molecule has 0 unspecified atom stereocenters. The molecule has 3 aromatic heterocycles. The van der Waals surface area contributed by atoms with Crippen LogP contribution < -0.4 is 21.2 Å². The van der Waals surface area contributed by atoms with Crippen LogP contribution in [0.15, 0.2) is 60.9 Å². The van der Waals surface area contributed by atoms with Crippen LogP contribution in [0, 0.1) is 19.7 Å². The fourth-order valence-corrected chi connectivity index (χ4v) is 5.00. The number of para-hydroxylation sites is 1. The molecule has 0 aliphatic carbocycles. The van der Waals surface area contributed by atoms with Gasteiger partial charge in [-0.2, -0.15) is 5.10 Å². The van der Waals surface area contributed by atoms with Crippen LogP contribution in [0.5, 0.6) is 11.6 Å². The number of morpholine rings is 1. The van der Waals surface area contributed by atoms with Gasteiger partial charge in [-0.05, 0) is 55.3 Å². The van der Waals surface area contributed by atoms with Gasteiger partial charge in [-0.15, -0.1) is 0 Å². The summed E-state index contributed by atoms with van der Waals surface area (Å²) in [5, 5.41) is 5.21. The van der Waals surface area contributed by atoms with Crippen molar-refractivity contribution in [1.29, 1.82) is 0 Å². The molecule has 1 saturated heterocycles. The number of ether oxygens (including phenoxy) is 2. The Labute approximate surface area is 229 Å². The lowest BCUT2D eigenvalue weighted by atomic mass is 10.1. The summed E-state index contributed by atoms with van der Waals surface area (Å²) in [4.78, 5) is 20.2. The first-order valence-electron chi connectivity index (χ1n) is 12.8. The predicted molar refractivity (Wildman–Crippen MR) is 150 cm³/mol. The van der Waals surface area contributed by atoms with Gasteiger partial charge in [0.05, 0.1) is 42.4 Å². The number of anilines is 2. The van der Waals surface area contributed by atoms with Crippen molar-refractivity contribution >= 4 is 28.2 Å². The largest absolute Gasteiger partial charge is 0.436 e. The molecule has 4 heterocycles. The number of pyridine rings is 1. The number of carbonyl (C=O) groups excluding carboxylic acids is 1. The number of hydrogen-bond donors (Lipinski definition) is 2. The van der Waals surface area contributed by atoms with Crippen LogP contribution in [0.1, 0.15) is 27.2 Å². The third-order valence-electron chi connectivity index (χ3n) is 7.13.